The van der Waals surface area contributed by atoms with Crippen molar-refractivity contribution in [2.45, 2.75) is 42.4 Å². The van der Waals surface area contributed by atoms with Crippen LogP contribution in [0.1, 0.15) is 48.6 Å². The number of hydrogen-bond donors (Lipinski definition) is 1. The van der Waals surface area contributed by atoms with Crippen LogP contribution in [0.25, 0.3) is 0 Å². The lowest BCUT2D eigenvalue weighted by Gasteiger charge is -2.34. The van der Waals surface area contributed by atoms with Crippen molar-refractivity contribution in [3.8, 4) is 0 Å². The summed E-state index contributed by atoms with van der Waals surface area (Å²) in [5.74, 6) is 0.812. The molecule has 2 unspecified atom stereocenters. The van der Waals surface area contributed by atoms with E-state index in [4.69, 9.17) is 11.6 Å². The van der Waals surface area contributed by atoms with Crippen LogP contribution in [0.2, 0.25) is 5.02 Å². The quantitative estimate of drug-likeness (QED) is 0.371. The smallest absolute Gasteiger partial charge is 0.240 e. The van der Waals surface area contributed by atoms with Crippen LogP contribution in [0.5, 0.6) is 0 Å². The minimum atomic E-state index is -3.51. The number of benzene rings is 3. The summed E-state index contributed by atoms with van der Waals surface area (Å²) in [4.78, 5) is 2.86. The highest BCUT2D eigenvalue weighted by atomic mass is 35.5. The summed E-state index contributed by atoms with van der Waals surface area (Å²) in [6.07, 6.45) is 4.13. The Balaban J connectivity index is 1.38. The second-order valence-corrected chi connectivity index (χ2v) is 11.3. The second kappa shape index (κ2) is 12.0. The van der Waals surface area contributed by atoms with Crippen LogP contribution in [0.15, 0.2) is 89.8 Å². The number of nitrogens with one attached hydrogen (secondary N) is 1. The molecular weight excluding hydrogens is 464 g/mol. The molecule has 1 N–H and O–H groups in total. The molecule has 6 heteroatoms. The van der Waals surface area contributed by atoms with Gasteiger partial charge in [-0.3, -0.25) is 0 Å². The minimum Gasteiger partial charge on any atom is -0.303 e. The van der Waals surface area contributed by atoms with Crippen LogP contribution in [-0.2, 0) is 10.0 Å². The fourth-order valence-corrected chi connectivity index (χ4v) is 6.15. The van der Waals surface area contributed by atoms with Gasteiger partial charge in [0.15, 0.2) is 0 Å². The van der Waals surface area contributed by atoms with Gasteiger partial charge in [-0.2, -0.15) is 0 Å². The van der Waals surface area contributed by atoms with Crippen LogP contribution in [0.3, 0.4) is 0 Å². The molecule has 2 atom stereocenters. The average Bonchev–Trinajstić information content (AvgIpc) is 2.87. The molecule has 0 radical (unpaired) electrons. The van der Waals surface area contributed by atoms with Gasteiger partial charge in [-0.25, -0.2) is 13.1 Å². The van der Waals surface area contributed by atoms with Crippen molar-refractivity contribution in [2.24, 2.45) is 0 Å². The molecule has 1 aliphatic rings. The molecule has 4 rings (SSSR count). The highest BCUT2D eigenvalue weighted by molar-refractivity contribution is 7.89. The van der Waals surface area contributed by atoms with E-state index in [1.807, 2.05) is 24.3 Å². The Morgan fingerprint density at radius 1 is 0.941 bits per heavy atom. The van der Waals surface area contributed by atoms with Crippen molar-refractivity contribution in [3.63, 3.8) is 0 Å². The molecule has 34 heavy (non-hydrogen) atoms. The zero-order valence-corrected chi connectivity index (χ0v) is 21.0. The molecular formula is C28H33ClN2O2S. The Hall–Kier alpha value is -2.18. The van der Waals surface area contributed by atoms with Crippen molar-refractivity contribution in [1.29, 1.82) is 0 Å². The van der Waals surface area contributed by atoms with Gasteiger partial charge < -0.3 is 4.90 Å². The third-order valence-electron chi connectivity index (χ3n) is 6.73. The Morgan fingerprint density at radius 3 is 2.41 bits per heavy atom. The van der Waals surface area contributed by atoms with Gasteiger partial charge in [0.1, 0.15) is 0 Å². The van der Waals surface area contributed by atoms with Crippen molar-refractivity contribution in [1.82, 2.24) is 9.62 Å². The average molecular weight is 497 g/mol. The highest BCUT2D eigenvalue weighted by Crippen LogP contribution is 2.30. The van der Waals surface area contributed by atoms with Crippen LogP contribution in [-0.4, -0.2) is 39.5 Å². The number of rotatable bonds is 10. The lowest BCUT2D eigenvalue weighted by atomic mass is 9.89. The molecule has 3 aromatic rings. The zero-order valence-electron chi connectivity index (χ0n) is 19.4. The van der Waals surface area contributed by atoms with Crippen molar-refractivity contribution in [3.05, 3.63) is 101 Å². The van der Waals surface area contributed by atoms with Gasteiger partial charge in [-0.15, -0.1) is 0 Å². The van der Waals surface area contributed by atoms with E-state index in [9.17, 15) is 8.42 Å². The van der Waals surface area contributed by atoms with Gasteiger partial charge in [0.05, 0.1) is 4.90 Å². The Labute approximate surface area is 209 Å². The van der Waals surface area contributed by atoms with Crippen molar-refractivity contribution >= 4 is 21.6 Å². The summed E-state index contributed by atoms with van der Waals surface area (Å²) < 4.78 is 28.1. The number of piperidine rings is 1. The maximum atomic E-state index is 12.6. The fraction of sp³-hybridized carbons (Fsp3) is 0.357. The second-order valence-electron chi connectivity index (χ2n) is 9.09. The van der Waals surface area contributed by atoms with E-state index in [0.29, 0.717) is 17.4 Å². The fourth-order valence-electron chi connectivity index (χ4n) is 4.88. The van der Waals surface area contributed by atoms with E-state index >= 15 is 0 Å². The van der Waals surface area contributed by atoms with Crippen molar-refractivity contribution < 1.29 is 8.42 Å². The third-order valence-corrected chi connectivity index (χ3v) is 8.44. The molecule has 0 amide bonds. The molecule has 3 aromatic carbocycles. The number of likely N-dealkylation sites (tertiary alicyclic amines) is 1. The van der Waals surface area contributed by atoms with Crippen LogP contribution in [0, 0.1) is 0 Å². The lowest BCUT2D eigenvalue weighted by Crippen LogP contribution is -2.35. The Bertz CT molecular complexity index is 1140. The molecule has 1 fully saturated rings. The molecule has 0 aromatic heterocycles. The number of sulfonamides is 1. The SMILES string of the molecule is O=S(=O)(NCCC(CCN1CCCC(c2ccccc2)C1)c1cccc(Cl)c1)c1ccccc1. The zero-order chi connectivity index (χ0) is 23.8. The molecule has 1 saturated heterocycles. The summed E-state index contributed by atoms with van der Waals surface area (Å²) in [5, 5.41) is 0.717. The predicted molar refractivity (Wildman–Crippen MR) is 140 cm³/mol. The number of halogens is 1. The molecule has 0 saturated carbocycles. The molecule has 1 aliphatic heterocycles. The van der Waals surface area contributed by atoms with Crippen molar-refractivity contribution in [2.75, 3.05) is 26.2 Å². The molecule has 1 heterocycles. The highest BCUT2D eigenvalue weighted by Gasteiger charge is 2.23. The number of hydrogen-bond acceptors (Lipinski definition) is 3. The Morgan fingerprint density at radius 2 is 1.68 bits per heavy atom. The maximum Gasteiger partial charge on any atom is 0.240 e. The monoisotopic (exact) mass is 496 g/mol. The van der Waals surface area contributed by atoms with Crippen LogP contribution < -0.4 is 4.72 Å². The number of nitrogens with zero attached hydrogens (tertiary/aromatic N) is 1. The van der Waals surface area contributed by atoms with Crippen LogP contribution >= 0.6 is 11.6 Å². The van der Waals surface area contributed by atoms with Gasteiger partial charge in [0, 0.05) is 18.1 Å². The van der Waals surface area contributed by atoms with E-state index < -0.39 is 10.0 Å². The molecule has 180 valence electrons. The maximum absolute atomic E-state index is 12.6. The predicted octanol–water partition coefficient (Wildman–Crippen LogP) is 6.06. The van der Waals surface area contributed by atoms with E-state index in [0.717, 1.165) is 37.5 Å². The standard InChI is InChI=1S/C28H33ClN2O2S/c29-27-13-7-11-25(21-27)24(16-18-30-34(32,33)28-14-5-2-6-15-28)17-20-31-19-8-12-26(22-31)23-9-3-1-4-10-23/h1-7,9-11,13-15,21,24,26,30H,8,12,16-20,22H2. The first-order valence-corrected chi connectivity index (χ1v) is 13.9. The molecule has 0 aliphatic carbocycles. The third kappa shape index (κ3) is 6.92. The van der Waals surface area contributed by atoms with E-state index in [-0.39, 0.29) is 5.92 Å². The van der Waals surface area contributed by atoms with Crippen LogP contribution in [0.4, 0.5) is 0 Å². The molecule has 4 nitrogen and oxygen atoms in total. The van der Waals surface area contributed by atoms with Gasteiger partial charge in [0.2, 0.25) is 10.0 Å². The summed E-state index contributed by atoms with van der Waals surface area (Å²) in [5.41, 5.74) is 2.59. The minimum absolute atomic E-state index is 0.231. The normalized spacial score (nSPS) is 18.0. The Kier molecular flexibility index (Phi) is 8.79. The topological polar surface area (TPSA) is 49.4 Å². The van der Waals surface area contributed by atoms with Gasteiger partial charge in [0.25, 0.3) is 0 Å². The summed E-state index contributed by atoms with van der Waals surface area (Å²) in [6, 6.07) is 27.3. The van der Waals surface area contributed by atoms with Gasteiger partial charge in [-0.05, 0) is 86.0 Å². The lowest BCUT2D eigenvalue weighted by molar-refractivity contribution is 0.200. The first kappa shape index (κ1) is 24.9. The molecule has 0 bridgehead atoms. The summed E-state index contributed by atoms with van der Waals surface area (Å²) >= 11 is 6.29. The first-order chi connectivity index (χ1) is 16.5. The van der Waals surface area contributed by atoms with E-state index in [1.165, 1.54) is 24.0 Å². The largest absolute Gasteiger partial charge is 0.303 e. The summed E-state index contributed by atoms with van der Waals surface area (Å²) in [6.45, 7) is 3.58. The summed E-state index contributed by atoms with van der Waals surface area (Å²) in [7, 11) is -3.51. The van der Waals surface area contributed by atoms with Gasteiger partial charge in [-0.1, -0.05) is 72.3 Å². The van der Waals surface area contributed by atoms with E-state index in [2.05, 4.69) is 46.0 Å². The molecule has 0 spiro atoms. The van der Waals surface area contributed by atoms with Gasteiger partial charge >= 0.3 is 0 Å². The van der Waals surface area contributed by atoms with E-state index in [1.54, 1.807) is 24.3 Å². The first-order valence-electron chi connectivity index (χ1n) is 12.1.